The number of nitrogens with zero attached hydrogens (tertiary/aromatic N) is 4. The van der Waals surface area contributed by atoms with Crippen LogP contribution >= 0.6 is 0 Å². The van der Waals surface area contributed by atoms with Gasteiger partial charge < -0.3 is 10.0 Å². The zero-order chi connectivity index (χ0) is 16.2. The first kappa shape index (κ1) is 16.1. The van der Waals surface area contributed by atoms with Gasteiger partial charge in [0.1, 0.15) is 5.82 Å². The van der Waals surface area contributed by atoms with Gasteiger partial charge in [0.15, 0.2) is 0 Å². The van der Waals surface area contributed by atoms with Crippen LogP contribution in [0.4, 0.5) is 4.39 Å². The largest absolute Gasteiger partial charge is 0.396 e. The molecule has 124 valence electrons. The van der Waals surface area contributed by atoms with Crippen LogP contribution < -0.4 is 0 Å². The van der Waals surface area contributed by atoms with E-state index in [4.69, 9.17) is 0 Å². The Kier molecular flexibility index (Phi) is 5.05. The van der Waals surface area contributed by atoms with Crippen molar-refractivity contribution in [1.29, 1.82) is 0 Å². The minimum Gasteiger partial charge on any atom is -0.396 e. The van der Waals surface area contributed by atoms with E-state index in [2.05, 4.69) is 21.9 Å². The Hall–Kier alpha value is -1.76. The fourth-order valence-corrected chi connectivity index (χ4v) is 3.17. The highest BCUT2D eigenvalue weighted by molar-refractivity contribution is 5.40. The van der Waals surface area contributed by atoms with Gasteiger partial charge in [-0.15, -0.1) is 0 Å². The molecule has 1 fully saturated rings. The van der Waals surface area contributed by atoms with Crippen molar-refractivity contribution in [2.45, 2.75) is 19.0 Å². The molecule has 23 heavy (non-hydrogen) atoms. The normalized spacial score (nSPS) is 20.0. The van der Waals surface area contributed by atoms with Crippen LogP contribution in [0.3, 0.4) is 0 Å². The summed E-state index contributed by atoms with van der Waals surface area (Å²) in [5, 5.41) is 13.5. The van der Waals surface area contributed by atoms with Crippen LogP contribution in [-0.2, 0) is 6.54 Å². The first-order valence-electron chi connectivity index (χ1n) is 7.99. The number of aromatic nitrogens is 2. The van der Waals surface area contributed by atoms with E-state index in [1.807, 2.05) is 12.3 Å². The Balaban J connectivity index is 1.78. The van der Waals surface area contributed by atoms with Crippen molar-refractivity contribution in [3.05, 3.63) is 48.0 Å². The highest BCUT2D eigenvalue weighted by Crippen LogP contribution is 2.20. The Morgan fingerprint density at radius 3 is 2.96 bits per heavy atom. The van der Waals surface area contributed by atoms with Crippen molar-refractivity contribution < 1.29 is 9.50 Å². The SMILES string of the molecule is CN1CCN(Cc2cc(F)ccc2-n2cccn2)C[C@@H]1CCO. The predicted molar refractivity (Wildman–Crippen MR) is 86.9 cm³/mol. The molecule has 2 aromatic rings. The van der Waals surface area contributed by atoms with Crippen LogP contribution in [0, 0.1) is 5.82 Å². The zero-order valence-electron chi connectivity index (χ0n) is 13.4. The summed E-state index contributed by atoms with van der Waals surface area (Å²) in [6, 6.07) is 7.05. The van der Waals surface area contributed by atoms with Crippen molar-refractivity contribution in [3.63, 3.8) is 0 Å². The Labute approximate surface area is 135 Å². The molecule has 5 nitrogen and oxygen atoms in total. The van der Waals surface area contributed by atoms with Gasteiger partial charge in [-0.25, -0.2) is 9.07 Å². The molecule has 0 amide bonds. The average molecular weight is 318 g/mol. The van der Waals surface area contributed by atoms with Crippen LogP contribution in [-0.4, -0.2) is 64.0 Å². The molecule has 1 atom stereocenters. The standard InChI is InChI=1S/C17H23FN4O/c1-20-8-9-21(13-16(20)5-10-23)12-14-11-15(18)3-4-17(14)22-7-2-6-19-22/h2-4,6-7,11,16,23H,5,8-10,12-13H2,1H3/t16-/m0/s1. The third-order valence-corrected chi connectivity index (χ3v) is 4.51. The maximum Gasteiger partial charge on any atom is 0.123 e. The molecule has 1 saturated heterocycles. The van der Waals surface area contributed by atoms with Gasteiger partial charge in [-0.1, -0.05) is 0 Å². The molecule has 1 N–H and O–H groups in total. The number of likely N-dealkylation sites (N-methyl/N-ethyl adjacent to an activating group) is 1. The summed E-state index contributed by atoms with van der Waals surface area (Å²) in [7, 11) is 2.09. The van der Waals surface area contributed by atoms with Crippen LogP contribution in [0.2, 0.25) is 0 Å². The van der Waals surface area contributed by atoms with Gasteiger partial charge >= 0.3 is 0 Å². The Bertz CT molecular complexity index is 632. The lowest BCUT2D eigenvalue weighted by atomic mass is 10.1. The number of rotatable bonds is 5. The highest BCUT2D eigenvalue weighted by Gasteiger charge is 2.24. The summed E-state index contributed by atoms with van der Waals surface area (Å²) in [5.74, 6) is -0.225. The number of hydrogen-bond donors (Lipinski definition) is 1. The summed E-state index contributed by atoms with van der Waals surface area (Å²) in [6.07, 6.45) is 4.36. The van der Waals surface area contributed by atoms with E-state index in [-0.39, 0.29) is 12.4 Å². The zero-order valence-corrected chi connectivity index (χ0v) is 13.4. The lowest BCUT2D eigenvalue weighted by Crippen LogP contribution is -2.51. The van der Waals surface area contributed by atoms with Crippen molar-refractivity contribution >= 4 is 0 Å². The van der Waals surface area contributed by atoms with Gasteiger partial charge in [-0.05, 0) is 43.3 Å². The number of halogens is 1. The molecule has 1 aliphatic rings. The highest BCUT2D eigenvalue weighted by atomic mass is 19.1. The quantitative estimate of drug-likeness (QED) is 0.908. The monoisotopic (exact) mass is 318 g/mol. The third-order valence-electron chi connectivity index (χ3n) is 4.51. The number of aliphatic hydroxyl groups is 1. The lowest BCUT2D eigenvalue weighted by Gasteiger charge is -2.39. The van der Waals surface area contributed by atoms with Gasteiger partial charge in [-0.2, -0.15) is 5.10 Å². The maximum atomic E-state index is 13.7. The molecule has 1 aliphatic heterocycles. The molecule has 0 aliphatic carbocycles. The van der Waals surface area contributed by atoms with Crippen LogP contribution in [0.15, 0.2) is 36.7 Å². The second kappa shape index (κ2) is 7.21. The Morgan fingerprint density at radius 1 is 1.35 bits per heavy atom. The minimum absolute atomic E-state index is 0.196. The van der Waals surface area contributed by atoms with E-state index in [0.29, 0.717) is 12.6 Å². The van der Waals surface area contributed by atoms with Crippen molar-refractivity contribution in [2.24, 2.45) is 0 Å². The van der Waals surface area contributed by atoms with Crippen molar-refractivity contribution in [2.75, 3.05) is 33.3 Å². The van der Waals surface area contributed by atoms with Gasteiger partial charge in [0, 0.05) is 51.2 Å². The molecule has 0 radical (unpaired) electrons. The van der Waals surface area contributed by atoms with Crippen LogP contribution in [0.1, 0.15) is 12.0 Å². The fraction of sp³-hybridized carbons (Fsp3) is 0.471. The molecule has 6 heteroatoms. The number of hydrogen-bond acceptors (Lipinski definition) is 4. The summed E-state index contributed by atoms with van der Waals surface area (Å²) in [6.45, 7) is 3.65. The molecule has 1 aromatic carbocycles. The van der Waals surface area contributed by atoms with Gasteiger partial charge in [-0.3, -0.25) is 4.90 Å². The van der Waals surface area contributed by atoms with E-state index in [1.165, 1.54) is 6.07 Å². The smallest absolute Gasteiger partial charge is 0.123 e. The number of aliphatic hydroxyl groups excluding tert-OH is 1. The molecule has 2 heterocycles. The number of piperazine rings is 1. The van der Waals surface area contributed by atoms with Gasteiger partial charge in [0.25, 0.3) is 0 Å². The fourth-order valence-electron chi connectivity index (χ4n) is 3.17. The topological polar surface area (TPSA) is 44.5 Å². The van der Waals surface area contributed by atoms with Gasteiger partial charge in [0.2, 0.25) is 0 Å². The van der Waals surface area contributed by atoms with E-state index < -0.39 is 0 Å². The molecule has 0 spiro atoms. The van der Waals surface area contributed by atoms with Crippen molar-refractivity contribution in [3.8, 4) is 5.69 Å². The third kappa shape index (κ3) is 3.77. The summed E-state index contributed by atoms with van der Waals surface area (Å²) < 4.78 is 15.5. The Morgan fingerprint density at radius 2 is 2.22 bits per heavy atom. The molecular weight excluding hydrogens is 295 g/mol. The van der Waals surface area contributed by atoms with Crippen molar-refractivity contribution in [1.82, 2.24) is 19.6 Å². The molecule has 3 rings (SSSR count). The predicted octanol–water partition coefficient (Wildman–Crippen LogP) is 1.51. The van der Waals surface area contributed by atoms with E-state index in [1.54, 1.807) is 23.0 Å². The maximum absolute atomic E-state index is 13.7. The molecule has 0 saturated carbocycles. The summed E-state index contributed by atoms with van der Waals surface area (Å²) in [4.78, 5) is 4.61. The van der Waals surface area contributed by atoms with E-state index in [9.17, 15) is 9.50 Å². The van der Waals surface area contributed by atoms with E-state index >= 15 is 0 Å². The first-order chi connectivity index (χ1) is 11.2. The molecule has 0 unspecified atom stereocenters. The van der Waals surface area contributed by atoms with Crippen LogP contribution in [0.25, 0.3) is 5.69 Å². The van der Waals surface area contributed by atoms with Crippen LogP contribution in [0.5, 0.6) is 0 Å². The second-order valence-corrected chi connectivity index (χ2v) is 6.11. The molecular formula is C17H23FN4O. The summed E-state index contributed by atoms with van der Waals surface area (Å²) in [5.41, 5.74) is 1.84. The lowest BCUT2D eigenvalue weighted by molar-refractivity contribution is 0.0742. The minimum atomic E-state index is -0.225. The number of benzene rings is 1. The first-order valence-corrected chi connectivity index (χ1v) is 7.99. The van der Waals surface area contributed by atoms with Gasteiger partial charge in [0.05, 0.1) is 5.69 Å². The average Bonchev–Trinajstić information content (AvgIpc) is 3.05. The molecule has 1 aromatic heterocycles. The second-order valence-electron chi connectivity index (χ2n) is 6.11. The molecule has 0 bridgehead atoms. The van der Waals surface area contributed by atoms with E-state index in [0.717, 1.165) is 37.3 Å². The summed E-state index contributed by atoms with van der Waals surface area (Å²) >= 11 is 0.